The smallest absolute Gasteiger partial charge is 0.0334 e. The van der Waals surface area contributed by atoms with Gasteiger partial charge in [-0.15, -0.1) is 0 Å². The Hall–Kier alpha value is 0. The molecule has 0 nitrogen and oxygen atoms in total. The summed E-state index contributed by atoms with van der Waals surface area (Å²) in [5.41, 5.74) is 0.542. The molecule has 0 fully saturated rings. The Morgan fingerprint density at radius 2 is 0.613 bits per heavy atom. The lowest BCUT2D eigenvalue weighted by atomic mass is 9.79. The van der Waals surface area contributed by atoms with Crippen LogP contribution in [0.3, 0.4) is 0 Å². The van der Waals surface area contributed by atoms with E-state index < -0.39 is 0 Å². The van der Waals surface area contributed by atoms with Gasteiger partial charge in [0.1, 0.15) is 0 Å². The van der Waals surface area contributed by atoms with E-state index in [1.165, 1.54) is 96.3 Å². The van der Waals surface area contributed by atoms with Crippen molar-refractivity contribution in [2.75, 3.05) is 0 Å². The highest BCUT2D eigenvalue weighted by Gasteiger charge is 2.18. The molecule has 0 aromatic rings. The van der Waals surface area contributed by atoms with Gasteiger partial charge in [0.2, 0.25) is 0 Å². The highest BCUT2D eigenvalue weighted by atomic mass is 14.2. The van der Waals surface area contributed by atoms with Crippen LogP contribution in [0, 0.1) is 76.4 Å². The molecular formula is C62H144. The summed E-state index contributed by atoms with van der Waals surface area (Å²) in [6, 6.07) is 0. The zero-order valence-corrected chi connectivity index (χ0v) is 52.0. The standard InChI is InChI=1S/C9H20.C8H18.3C7H16.2C6H14.2C5H12.C2H6/c1-6-8(4)9(5)7(2)3;1-6-8(4,5)7(2)3;1-5-7(4)6(2)3;2*1-4-5-6-7(2)3;1-4-5-6(2)3;1-4-6(3)5-2;2*1-4-5(2)3;1-2/h7-9H,6H2,1-5H3;7H,6H2,1-5H3;6-7H,5H2,1-4H3;2*7H,4-6H2,1-3H3;2*6H,4-5H2,1-3H3;2*5H,4H2,1-3H3;1-2H3. The molecule has 0 N–H and O–H groups in total. The van der Waals surface area contributed by atoms with Crippen molar-refractivity contribution in [1.82, 2.24) is 0 Å². The molecule has 0 saturated heterocycles. The van der Waals surface area contributed by atoms with Gasteiger partial charge in [-0.3, -0.25) is 0 Å². The summed E-state index contributed by atoms with van der Waals surface area (Å²) < 4.78 is 0. The average Bonchev–Trinajstić information content (AvgIpc) is 3.22. The Kier molecular flexibility index (Phi) is 93.0. The molecule has 0 aliphatic carbocycles. The maximum absolute atomic E-state index is 2.35. The van der Waals surface area contributed by atoms with E-state index in [0.29, 0.717) is 5.41 Å². The van der Waals surface area contributed by atoms with Gasteiger partial charge in [-0.05, 0) is 76.4 Å². The van der Waals surface area contributed by atoms with E-state index in [1.807, 2.05) is 13.8 Å². The molecule has 0 saturated carbocycles. The predicted octanol–water partition coefficient (Wildman–Crippen LogP) is 24.8. The molecule has 0 rings (SSSR count). The summed E-state index contributed by atoms with van der Waals surface area (Å²) >= 11 is 0. The first kappa shape index (κ1) is 85.3. The molecule has 0 aliphatic rings. The number of hydrogen-bond donors (Lipinski definition) is 0. The van der Waals surface area contributed by atoms with E-state index >= 15 is 0 Å². The molecule has 0 amide bonds. The molecule has 3 atom stereocenters. The zero-order chi connectivity index (χ0) is 52.0. The van der Waals surface area contributed by atoms with Crippen molar-refractivity contribution in [3.8, 4) is 0 Å². The van der Waals surface area contributed by atoms with Crippen LogP contribution in [-0.2, 0) is 0 Å². The zero-order valence-electron chi connectivity index (χ0n) is 52.0. The molecular weight excluding hydrogens is 745 g/mol. The molecule has 0 bridgehead atoms. The summed E-state index contributed by atoms with van der Waals surface area (Å²) in [6.07, 6.45) is 20.2. The second kappa shape index (κ2) is 67.6. The largest absolute Gasteiger partial charge is 0.0683 e. The molecule has 0 spiro atoms. The molecule has 0 heterocycles. The topological polar surface area (TPSA) is 0 Å². The van der Waals surface area contributed by atoms with Crippen molar-refractivity contribution in [2.24, 2.45) is 76.4 Å². The average molecular weight is 890 g/mol. The molecule has 0 radical (unpaired) electrons. The highest BCUT2D eigenvalue weighted by molar-refractivity contribution is 4.69. The summed E-state index contributed by atoms with van der Waals surface area (Å²) in [4.78, 5) is 0. The second-order valence-corrected chi connectivity index (χ2v) is 22.4. The van der Waals surface area contributed by atoms with Gasteiger partial charge in [0.25, 0.3) is 0 Å². The van der Waals surface area contributed by atoms with Crippen molar-refractivity contribution < 1.29 is 0 Å². The fraction of sp³-hybridized carbons (Fsp3) is 1.00. The van der Waals surface area contributed by atoms with Gasteiger partial charge >= 0.3 is 0 Å². The van der Waals surface area contributed by atoms with Crippen molar-refractivity contribution in [3.05, 3.63) is 0 Å². The third-order valence-corrected chi connectivity index (χ3v) is 13.0. The predicted molar refractivity (Wildman–Crippen MR) is 306 cm³/mol. The van der Waals surface area contributed by atoms with Gasteiger partial charge in [-0.25, -0.2) is 0 Å². The van der Waals surface area contributed by atoms with Crippen LogP contribution in [0.1, 0.15) is 332 Å². The second-order valence-electron chi connectivity index (χ2n) is 22.4. The van der Waals surface area contributed by atoms with E-state index in [9.17, 15) is 0 Å². The summed E-state index contributed by atoms with van der Waals surface area (Å²) in [7, 11) is 0. The molecule has 0 aromatic carbocycles. The summed E-state index contributed by atoms with van der Waals surface area (Å²) in [6.45, 7) is 76.4. The maximum atomic E-state index is 2.35. The Labute approximate surface area is 406 Å². The van der Waals surface area contributed by atoms with E-state index in [2.05, 4.69) is 222 Å². The first-order chi connectivity index (χ1) is 28.4. The van der Waals surface area contributed by atoms with Gasteiger partial charge < -0.3 is 0 Å². The van der Waals surface area contributed by atoms with Crippen LogP contribution in [0.5, 0.6) is 0 Å². The number of unbranched alkanes of at least 4 members (excludes halogenated alkanes) is 2. The van der Waals surface area contributed by atoms with E-state index in [-0.39, 0.29) is 0 Å². The minimum absolute atomic E-state index is 0.542. The normalized spacial score (nSPS) is 11.9. The maximum Gasteiger partial charge on any atom is -0.0334 e. The lowest BCUT2D eigenvalue weighted by molar-refractivity contribution is 0.240. The first-order valence-electron chi connectivity index (χ1n) is 28.4. The molecule has 0 aromatic heterocycles. The SMILES string of the molecule is CC.CCC(C)(C)C(C)C.CCC(C)C.CCC(C)C.CCC(C)C(C)C.CCC(C)C(C)C(C)C.CCC(C)CC.CCCC(C)C.CCCCC(C)C.CCCCC(C)C. The van der Waals surface area contributed by atoms with Crippen molar-refractivity contribution in [1.29, 1.82) is 0 Å². The van der Waals surface area contributed by atoms with Gasteiger partial charge in [0, 0.05) is 0 Å². The van der Waals surface area contributed by atoms with Crippen LogP contribution >= 0.6 is 0 Å². The minimum atomic E-state index is 0.542. The monoisotopic (exact) mass is 889 g/mol. The quantitative estimate of drug-likeness (QED) is 0.121. The highest BCUT2D eigenvalue weighted by Crippen LogP contribution is 2.29. The van der Waals surface area contributed by atoms with Crippen LogP contribution in [0.15, 0.2) is 0 Å². The Morgan fingerprint density at radius 3 is 0.645 bits per heavy atom. The molecule has 0 aliphatic heterocycles. The molecule has 392 valence electrons. The van der Waals surface area contributed by atoms with Crippen molar-refractivity contribution in [3.63, 3.8) is 0 Å². The first-order valence-corrected chi connectivity index (χ1v) is 28.4. The lowest BCUT2D eigenvalue weighted by Gasteiger charge is -2.27. The summed E-state index contributed by atoms with van der Waals surface area (Å²) in [5, 5.41) is 0. The fourth-order valence-electron chi connectivity index (χ4n) is 4.00. The van der Waals surface area contributed by atoms with E-state index in [4.69, 9.17) is 0 Å². The molecule has 62 heavy (non-hydrogen) atoms. The van der Waals surface area contributed by atoms with E-state index in [1.54, 1.807) is 0 Å². The Morgan fingerprint density at radius 1 is 0.323 bits per heavy atom. The fourth-order valence-corrected chi connectivity index (χ4v) is 4.00. The van der Waals surface area contributed by atoms with Gasteiger partial charge in [-0.2, -0.15) is 0 Å². The Balaban J connectivity index is -0.0000000613. The van der Waals surface area contributed by atoms with E-state index in [0.717, 1.165) is 71.0 Å². The van der Waals surface area contributed by atoms with Crippen molar-refractivity contribution >= 4 is 0 Å². The minimum Gasteiger partial charge on any atom is -0.0683 e. The van der Waals surface area contributed by atoms with Crippen LogP contribution in [0.2, 0.25) is 0 Å². The third-order valence-electron chi connectivity index (χ3n) is 13.0. The van der Waals surface area contributed by atoms with Gasteiger partial charge in [0.15, 0.2) is 0 Å². The summed E-state index contributed by atoms with van der Waals surface area (Å²) in [5.74, 6) is 10.6. The molecule has 3 unspecified atom stereocenters. The third kappa shape index (κ3) is 108. The van der Waals surface area contributed by atoms with Gasteiger partial charge in [-0.1, -0.05) is 332 Å². The van der Waals surface area contributed by atoms with Crippen LogP contribution in [-0.4, -0.2) is 0 Å². The molecule has 0 heteroatoms. The number of rotatable bonds is 19. The van der Waals surface area contributed by atoms with Crippen LogP contribution in [0.25, 0.3) is 0 Å². The Bertz CT molecular complexity index is 621. The lowest BCUT2D eigenvalue weighted by Crippen LogP contribution is -2.17. The van der Waals surface area contributed by atoms with Crippen LogP contribution < -0.4 is 0 Å². The van der Waals surface area contributed by atoms with Crippen molar-refractivity contribution in [2.45, 2.75) is 332 Å². The number of hydrogen-bond acceptors (Lipinski definition) is 0. The van der Waals surface area contributed by atoms with Gasteiger partial charge in [0.05, 0.1) is 0 Å². The van der Waals surface area contributed by atoms with Crippen LogP contribution in [0.4, 0.5) is 0 Å².